The van der Waals surface area contributed by atoms with E-state index >= 15 is 0 Å². The summed E-state index contributed by atoms with van der Waals surface area (Å²) in [6.45, 7) is 0. The molecule has 4 heteroatoms. The van der Waals surface area contributed by atoms with Crippen molar-refractivity contribution in [3.63, 3.8) is 0 Å². The maximum absolute atomic E-state index is 11.7. The summed E-state index contributed by atoms with van der Waals surface area (Å²) < 4.78 is 0. The smallest absolute Gasteiger partial charge is 0.249 e. The van der Waals surface area contributed by atoms with Crippen LogP contribution in [0.3, 0.4) is 0 Å². The summed E-state index contributed by atoms with van der Waals surface area (Å²) in [6, 6.07) is 11.5. The lowest BCUT2D eigenvalue weighted by atomic mass is 10.2. The van der Waals surface area contributed by atoms with Gasteiger partial charge in [-0.05, 0) is 24.3 Å². The van der Waals surface area contributed by atoms with Crippen LogP contribution in [-0.2, 0) is 0 Å². The molecule has 1 aromatic heterocycles. The summed E-state index contributed by atoms with van der Waals surface area (Å²) in [6.07, 6.45) is 2.92. The first-order valence-electron chi connectivity index (χ1n) is 4.76. The lowest BCUT2D eigenvalue weighted by molar-refractivity contribution is 0.0997. The molecule has 0 radical (unpaired) electrons. The number of hydrogen-bond donors (Lipinski definition) is 0. The second-order valence-electron chi connectivity index (χ2n) is 3.18. The Morgan fingerprint density at radius 2 is 1.88 bits per heavy atom. The average molecular weight is 213 g/mol. The van der Waals surface area contributed by atoms with E-state index in [1.807, 2.05) is 0 Å². The fourth-order valence-electron chi connectivity index (χ4n) is 1.29. The number of anilines is 1. The van der Waals surface area contributed by atoms with Gasteiger partial charge in [0.15, 0.2) is 0 Å². The molecule has 0 atom stereocenters. The number of aromatic nitrogens is 1. The molecule has 0 aliphatic rings. The van der Waals surface area contributed by atoms with Crippen LogP contribution in [0, 0.1) is 5.21 Å². The maximum Gasteiger partial charge on any atom is 0.249 e. The highest BCUT2D eigenvalue weighted by atomic mass is 16.5. The summed E-state index contributed by atoms with van der Waals surface area (Å²) in [5, 5.41) is 12.0. The molecule has 80 valence electrons. The molecular weight excluding hydrogens is 204 g/mol. The topological polar surface area (TPSA) is 56.3 Å². The van der Waals surface area contributed by atoms with Crippen molar-refractivity contribution in [1.82, 2.24) is 4.98 Å². The molecule has 1 heterocycles. The van der Waals surface area contributed by atoms with Gasteiger partial charge in [-0.15, -0.1) is 0 Å². The van der Waals surface area contributed by atoms with Crippen LogP contribution < -0.4 is 5.06 Å². The van der Waals surface area contributed by atoms with Crippen molar-refractivity contribution in [3.05, 3.63) is 65.6 Å². The molecule has 0 unspecified atom stereocenters. The highest BCUT2D eigenvalue weighted by Gasteiger charge is 2.08. The van der Waals surface area contributed by atoms with E-state index in [-0.39, 0.29) is 5.56 Å². The third-order valence-electron chi connectivity index (χ3n) is 2.08. The number of amides is 1. The van der Waals surface area contributed by atoms with Gasteiger partial charge in [-0.3, -0.25) is 9.78 Å². The zero-order valence-corrected chi connectivity index (χ0v) is 8.41. The summed E-state index contributed by atoms with van der Waals surface area (Å²) in [5.74, 6) is -0.612. The van der Waals surface area contributed by atoms with Crippen LogP contribution in [0.1, 0.15) is 10.4 Å². The van der Waals surface area contributed by atoms with E-state index in [4.69, 9.17) is 0 Å². The molecule has 2 rings (SSSR count). The molecule has 1 amide bonds. The predicted molar refractivity (Wildman–Crippen MR) is 60.9 cm³/mol. The molecule has 0 aliphatic heterocycles. The number of nitrogens with zero attached hydrogens (tertiary/aromatic N) is 2. The second-order valence-corrected chi connectivity index (χ2v) is 3.18. The highest BCUT2D eigenvalue weighted by Crippen LogP contribution is 2.14. The van der Waals surface area contributed by atoms with E-state index in [0.29, 0.717) is 10.8 Å². The number of para-hydroxylation sites is 1. The molecule has 0 saturated carbocycles. The summed E-state index contributed by atoms with van der Waals surface area (Å²) in [5.41, 5.74) is 0.595. The number of pyridine rings is 1. The Morgan fingerprint density at radius 3 is 2.50 bits per heavy atom. The Balaban J connectivity index is 2.24. The first-order chi connectivity index (χ1) is 7.79. The van der Waals surface area contributed by atoms with Crippen LogP contribution in [0.2, 0.25) is 0 Å². The molecule has 0 spiro atoms. The number of rotatable bonds is 2. The van der Waals surface area contributed by atoms with Crippen molar-refractivity contribution < 1.29 is 4.79 Å². The quantitative estimate of drug-likeness (QED) is 0.719. The van der Waals surface area contributed by atoms with Crippen molar-refractivity contribution in [2.24, 2.45) is 0 Å². The molecular formula is C12H9N2O2-. The molecule has 0 saturated heterocycles. The minimum Gasteiger partial charge on any atom is -0.751 e. The number of benzene rings is 1. The Bertz CT molecular complexity index is 471. The van der Waals surface area contributed by atoms with Crippen molar-refractivity contribution in [1.29, 1.82) is 0 Å². The molecule has 0 N–H and O–H groups in total. The van der Waals surface area contributed by atoms with E-state index in [9.17, 15) is 10.0 Å². The Kier molecular flexibility index (Phi) is 2.93. The van der Waals surface area contributed by atoms with Gasteiger partial charge in [-0.1, -0.05) is 18.2 Å². The molecule has 1 aromatic carbocycles. The first-order valence-corrected chi connectivity index (χ1v) is 4.76. The molecule has 4 nitrogen and oxygen atoms in total. The van der Waals surface area contributed by atoms with Gasteiger partial charge in [0.25, 0.3) is 0 Å². The summed E-state index contributed by atoms with van der Waals surface area (Å²) >= 11 is 0. The van der Waals surface area contributed by atoms with Crippen LogP contribution in [-0.4, -0.2) is 10.9 Å². The van der Waals surface area contributed by atoms with E-state index in [2.05, 4.69) is 4.98 Å². The molecule has 0 fully saturated rings. The molecule has 0 bridgehead atoms. The fourth-order valence-corrected chi connectivity index (χ4v) is 1.29. The van der Waals surface area contributed by atoms with Crippen LogP contribution >= 0.6 is 0 Å². The molecule has 2 aromatic rings. The number of carbonyl (C=O) groups excluding carboxylic acids is 1. The van der Waals surface area contributed by atoms with Crippen LogP contribution in [0.4, 0.5) is 5.69 Å². The number of hydrogen-bond acceptors (Lipinski definition) is 3. The van der Waals surface area contributed by atoms with Crippen molar-refractivity contribution in [2.75, 3.05) is 5.06 Å². The lowest BCUT2D eigenvalue weighted by Crippen LogP contribution is -2.24. The third kappa shape index (κ3) is 2.07. The van der Waals surface area contributed by atoms with E-state index in [0.717, 1.165) is 0 Å². The highest BCUT2D eigenvalue weighted by molar-refractivity contribution is 6.06. The molecule has 0 aliphatic carbocycles. The van der Waals surface area contributed by atoms with E-state index < -0.39 is 5.91 Å². The predicted octanol–water partition coefficient (Wildman–Crippen LogP) is 2.23. The standard InChI is InChI=1S/C12H9N2O2/c15-12(10-5-4-8-13-9-10)14(16)11-6-2-1-3-7-11/h1-9H/q-1. The normalized spacial score (nSPS) is 9.81. The van der Waals surface area contributed by atoms with Crippen LogP contribution in [0.5, 0.6) is 0 Å². The van der Waals surface area contributed by atoms with Crippen LogP contribution in [0.15, 0.2) is 54.9 Å². The van der Waals surface area contributed by atoms with Gasteiger partial charge in [0.1, 0.15) is 0 Å². The molecule has 16 heavy (non-hydrogen) atoms. The van der Waals surface area contributed by atoms with E-state index in [1.54, 1.807) is 48.7 Å². The Labute approximate surface area is 92.7 Å². The van der Waals surface area contributed by atoms with E-state index in [1.165, 1.54) is 6.20 Å². The third-order valence-corrected chi connectivity index (χ3v) is 2.08. The second kappa shape index (κ2) is 4.55. The van der Waals surface area contributed by atoms with Gasteiger partial charge in [0.2, 0.25) is 5.91 Å². The minimum atomic E-state index is -0.612. The number of carbonyl (C=O) groups is 1. The van der Waals surface area contributed by atoms with Crippen molar-refractivity contribution in [3.8, 4) is 0 Å². The average Bonchev–Trinajstić information content (AvgIpc) is 2.39. The van der Waals surface area contributed by atoms with Gasteiger partial charge in [0.05, 0.1) is 5.56 Å². The SMILES string of the molecule is O=C(c1cccnc1)N([O-])c1ccccc1. The van der Waals surface area contributed by atoms with Crippen molar-refractivity contribution in [2.45, 2.75) is 0 Å². The monoisotopic (exact) mass is 213 g/mol. The Morgan fingerprint density at radius 1 is 1.12 bits per heavy atom. The zero-order valence-electron chi connectivity index (χ0n) is 8.41. The fraction of sp³-hybridized carbons (Fsp3) is 0. The summed E-state index contributed by atoms with van der Waals surface area (Å²) in [4.78, 5) is 15.5. The maximum atomic E-state index is 11.7. The minimum absolute atomic E-state index is 0.279. The van der Waals surface area contributed by atoms with Crippen molar-refractivity contribution >= 4 is 11.6 Å². The van der Waals surface area contributed by atoms with Gasteiger partial charge in [-0.25, -0.2) is 0 Å². The summed E-state index contributed by atoms with van der Waals surface area (Å²) in [7, 11) is 0. The lowest BCUT2D eigenvalue weighted by Gasteiger charge is -2.27. The Hall–Kier alpha value is -2.20. The van der Waals surface area contributed by atoms with Gasteiger partial charge >= 0.3 is 0 Å². The zero-order chi connectivity index (χ0) is 11.4. The first kappa shape index (κ1) is 10.3. The number of hydroxylamine groups is 1. The van der Waals surface area contributed by atoms with Crippen LogP contribution in [0.25, 0.3) is 0 Å². The largest absolute Gasteiger partial charge is 0.751 e. The van der Waals surface area contributed by atoms with Gasteiger partial charge in [0, 0.05) is 18.1 Å². The van der Waals surface area contributed by atoms with Gasteiger partial charge < -0.3 is 10.3 Å². The van der Waals surface area contributed by atoms with Gasteiger partial charge in [-0.2, -0.15) is 0 Å².